The molecule has 0 spiro atoms. The summed E-state index contributed by atoms with van der Waals surface area (Å²) in [6, 6.07) is 0. The van der Waals surface area contributed by atoms with E-state index in [-0.39, 0.29) is 12.4 Å². The molecule has 300 valence electrons. The summed E-state index contributed by atoms with van der Waals surface area (Å²) in [5, 5.41) is 0. The Labute approximate surface area is 323 Å². The molecule has 0 aromatic carbocycles. The monoisotopic (exact) mass is 724 g/mol. The van der Waals surface area contributed by atoms with Crippen molar-refractivity contribution in [2.75, 3.05) is 19.6 Å². The van der Waals surface area contributed by atoms with Crippen LogP contribution in [0.25, 0.3) is 0 Å². The fourth-order valence-corrected chi connectivity index (χ4v) is 7.74. The number of hydrogen-bond donors (Lipinski definition) is 0. The normalized spacial score (nSPS) is 12.8. The van der Waals surface area contributed by atoms with Crippen LogP contribution in [0.1, 0.15) is 265 Å². The highest BCUT2D eigenvalue weighted by Crippen LogP contribution is 2.22. The number of carbonyl (C=O) groups is 1. The van der Waals surface area contributed by atoms with Gasteiger partial charge < -0.3 is 12.4 Å². The van der Waals surface area contributed by atoms with Crippen LogP contribution in [0.5, 0.6) is 0 Å². The molecule has 0 fully saturated rings. The maximum atomic E-state index is 14.1. The van der Waals surface area contributed by atoms with E-state index in [4.69, 9.17) is 0 Å². The first-order valence-electron chi connectivity index (χ1n) is 23.2. The number of rotatable bonds is 41. The summed E-state index contributed by atoms with van der Waals surface area (Å²) in [5.74, 6) is 0.591. The number of carbonyl (C=O) groups excluding carboxylic acids is 1. The van der Waals surface area contributed by atoms with Gasteiger partial charge in [-0.1, -0.05) is 207 Å². The summed E-state index contributed by atoms with van der Waals surface area (Å²) in [5.41, 5.74) is 0. The fourth-order valence-electron chi connectivity index (χ4n) is 7.74. The average Bonchev–Trinajstić information content (AvgIpc) is 3.11. The maximum Gasteiger partial charge on any atom is 0.313 e. The van der Waals surface area contributed by atoms with E-state index in [9.17, 15) is 4.79 Å². The van der Waals surface area contributed by atoms with Crippen molar-refractivity contribution in [3.63, 3.8) is 0 Å². The first-order valence-corrected chi connectivity index (χ1v) is 23.2. The second-order valence-corrected chi connectivity index (χ2v) is 16.1. The molecule has 0 aliphatic rings. The summed E-state index contributed by atoms with van der Waals surface area (Å²) in [6.07, 6.45) is 54.2. The number of halogens is 1. The topological polar surface area (TPSA) is 17.1 Å². The summed E-state index contributed by atoms with van der Waals surface area (Å²) >= 11 is 0. The molecule has 0 radical (unpaired) electrons. The fraction of sp³-hybridized carbons (Fsp3) is 0.936. The molecule has 0 aromatic heterocycles. The Morgan fingerprint density at radius 2 is 0.600 bits per heavy atom. The number of nitrogens with zero attached hydrogens (tertiary/aromatic N) is 1. The number of amides is 1. The van der Waals surface area contributed by atoms with E-state index in [1.165, 1.54) is 225 Å². The zero-order valence-electron chi connectivity index (χ0n) is 35.2. The van der Waals surface area contributed by atoms with Crippen LogP contribution in [0.3, 0.4) is 0 Å². The summed E-state index contributed by atoms with van der Waals surface area (Å²) in [4.78, 5) is 14.1. The molecule has 1 atom stereocenters. The third-order valence-electron chi connectivity index (χ3n) is 11.3. The van der Waals surface area contributed by atoms with Crippen molar-refractivity contribution in [1.29, 1.82) is 0 Å². The number of allylic oxidation sites excluding steroid dienone is 2. The first-order chi connectivity index (χ1) is 24.2. The quantitative estimate of drug-likeness (QED) is 0.0349. The van der Waals surface area contributed by atoms with Crippen LogP contribution in [-0.2, 0) is 4.79 Å². The minimum absolute atomic E-state index is 0. The number of unbranched alkanes of at least 4 members (excludes halogenated alkanes) is 31. The molecule has 0 saturated carbocycles. The van der Waals surface area contributed by atoms with E-state index in [2.05, 4.69) is 39.8 Å². The van der Waals surface area contributed by atoms with Gasteiger partial charge in [-0.2, -0.15) is 0 Å². The predicted molar refractivity (Wildman–Crippen MR) is 223 cm³/mol. The van der Waals surface area contributed by atoms with Gasteiger partial charge in [-0.3, -0.25) is 4.48 Å². The zero-order chi connectivity index (χ0) is 35.8. The van der Waals surface area contributed by atoms with E-state index < -0.39 is 0 Å². The van der Waals surface area contributed by atoms with Gasteiger partial charge in [0.15, 0.2) is 0 Å². The average molecular weight is 725 g/mol. The summed E-state index contributed by atoms with van der Waals surface area (Å²) < 4.78 is 0.811. The second kappa shape index (κ2) is 43.1. The molecular weight excluding hydrogens is 630 g/mol. The van der Waals surface area contributed by atoms with Crippen molar-refractivity contribution < 1.29 is 21.7 Å². The maximum absolute atomic E-state index is 14.1. The van der Waals surface area contributed by atoms with Gasteiger partial charge >= 0.3 is 5.91 Å². The lowest BCUT2D eigenvalue weighted by atomic mass is 10.0. The SMILES string of the molecule is CCCCCCCCC=CCCCCCCCC(=O)[N+](CCCC)(CCCCCCCCCCC)CCCCCCCCCCCCCC.[Cl-]. The molecule has 0 aromatic rings. The van der Waals surface area contributed by atoms with E-state index in [1.807, 2.05) is 0 Å². The van der Waals surface area contributed by atoms with E-state index >= 15 is 0 Å². The predicted octanol–water partition coefficient (Wildman–Crippen LogP) is 13.4. The lowest BCUT2D eigenvalue weighted by molar-refractivity contribution is -0.856. The highest BCUT2D eigenvalue weighted by atomic mass is 35.5. The van der Waals surface area contributed by atoms with E-state index in [0.717, 1.165) is 37.0 Å². The standard InChI is InChI=1S/C47H94NO.ClH/c1-5-9-13-16-19-22-24-26-27-28-29-31-34-37-40-43-47(49)48(44-12-8-4,45-41-38-35-32-21-18-15-11-7-3)46-42-39-36-33-30-25-23-20-17-14-10-6-2;/h26-27H,5-25,28-46H2,1-4H3;1H/q+1;/p-1. The van der Waals surface area contributed by atoms with Crippen molar-refractivity contribution in [3.05, 3.63) is 12.2 Å². The van der Waals surface area contributed by atoms with Crippen molar-refractivity contribution in [1.82, 2.24) is 0 Å². The van der Waals surface area contributed by atoms with Gasteiger partial charge in [0.2, 0.25) is 0 Å². The van der Waals surface area contributed by atoms with Crippen molar-refractivity contribution >= 4 is 5.91 Å². The van der Waals surface area contributed by atoms with Gasteiger partial charge in [0.1, 0.15) is 0 Å². The molecule has 2 nitrogen and oxygen atoms in total. The summed E-state index contributed by atoms with van der Waals surface area (Å²) in [6.45, 7) is 12.5. The summed E-state index contributed by atoms with van der Waals surface area (Å²) in [7, 11) is 0. The van der Waals surface area contributed by atoms with Crippen LogP contribution in [0, 0.1) is 0 Å². The molecule has 0 bridgehead atoms. The minimum atomic E-state index is 0. The molecule has 1 amide bonds. The Hall–Kier alpha value is -0.340. The molecule has 0 saturated heterocycles. The molecular formula is C47H94ClNO. The Kier molecular flexibility index (Phi) is 44.6. The van der Waals surface area contributed by atoms with Crippen molar-refractivity contribution in [3.8, 4) is 0 Å². The van der Waals surface area contributed by atoms with Gasteiger partial charge in [-0.15, -0.1) is 0 Å². The highest BCUT2D eigenvalue weighted by molar-refractivity contribution is 5.69. The van der Waals surface area contributed by atoms with E-state index in [1.54, 1.807) is 0 Å². The van der Waals surface area contributed by atoms with Crippen LogP contribution in [-0.4, -0.2) is 30.0 Å². The molecule has 0 rings (SSSR count). The largest absolute Gasteiger partial charge is 1.00 e. The number of hydrogen-bond acceptors (Lipinski definition) is 1. The molecule has 0 aliphatic carbocycles. The van der Waals surface area contributed by atoms with Crippen LogP contribution in [0.15, 0.2) is 12.2 Å². The van der Waals surface area contributed by atoms with Gasteiger partial charge in [-0.25, -0.2) is 4.79 Å². The van der Waals surface area contributed by atoms with Crippen LogP contribution < -0.4 is 12.4 Å². The highest BCUT2D eigenvalue weighted by Gasteiger charge is 2.34. The van der Waals surface area contributed by atoms with Gasteiger partial charge in [0.05, 0.1) is 26.1 Å². The molecule has 3 heteroatoms. The Morgan fingerprint density at radius 1 is 0.340 bits per heavy atom. The Balaban J connectivity index is 0. The van der Waals surface area contributed by atoms with Gasteiger partial charge in [0.25, 0.3) is 0 Å². The molecule has 0 aliphatic heterocycles. The third-order valence-corrected chi connectivity index (χ3v) is 11.3. The van der Waals surface area contributed by atoms with Crippen LogP contribution in [0.2, 0.25) is 0 Å². The Bertz CT molecular complexity index is 678. The second-order valence-electron chi connectivity index (χ2n) is 16.1. The van der Waals surface area contributed by atoms with Crippen LogP contribution >= 0.6 is 0 Å². The molecule has 50 heavy (non-hydrogen) atoms. The smallest absolute Gasteiger partial charge is 0.313 e. The lowest BCUT2D eigenvalue weighted by Crippen LogP contribution is -3.00. The van der Waals surface area contributed by atoms with Crippen molar-refractivity contribution in [2.45, 2.75) is 265 Å². The van der Waals surface area contributed by atoms with Crippen LogP contribution in [0.4, 0.5) is 0 Å². The third kappa shape index (κ3) is 34.7. The molecule has 1 unspecified atom stereocenters. The zero-order valence-corrected chi connectivity index (χ0v) is 35.9. The number of quaternary nitrogens is 1. The minimum Gasteiger partial charge on any atom is -1.00 e. The van der Waals surface area contributed by atoms with Crippen molar-refractivity contribution in [2.24, 2.45) is 0 Å². The first kappa shape index (κ1) is 51.8. The van der Waals surface area contributed by atoms with Gasteiger partial charge in [-0.05, 0) is 64.2 Å². The molecule has 0 N–H and O–H groups in total. The lowest BCUT2D eigenvalue weighted by Gasteiger charge is -2.36. The Morgan fingerprint density at radius 3 is 0.940 bits per heavy atom. The van der Waals surface area contributed by atoms with E-state index in [0.29, 0.717) is 5.91 Å². The molecule has 0 heterocycles. The van der Waals surface area contributed by atoms with Gasteiger partial charge in [0, 0.05) is 0 Å².